The number of aryl methyl sites for hydroxylation is 1. The number of carbonyl (C=O) groups excluding carboxylic acids is 1. The maximum Gasteiger partial charge on any atom is 0.345 e. The van der Waals surface area contributed by atoms with Crippen molar-refractivity contribution < 1.29 is 13.9 Å². The molecule has 2 aromatic heterocycles. The van der Waals surface area contributed by atoms with E-state index in [1.54, 1.807) is 31.2 Å². The van der Waals surface area contributed by atoms with Crippen LogP contribution in [-0.2, 0) is 11.5 Å². The monoisotopic (exact) mass is 413 g/mol. The number of halogens is 2. The number of fused-ring (bicyclic) bond motifs is 1. The van der Waals surface area contributed by atoms with Crippen LogP contribution in [0.5, 0.6) is 0 Å². The van der Waals surface area contributed by atoms with E-state index in [1.165, 1.54) is 28.9 Å². The van der Waals surface area contributed by atoms with E-state index in [2.05, 4.69) is 15.4 Å². The smallest absolute Gasteiger partial charge is 0.345 e. The van der Waals surface area contributed by atoms with Gasteiger partial charge in [0, 0.05) is 0 Å². The molecule has 0 atom stereocenters. The maximum absolute atomic E-state index is 13.1. The van der Waals surface area contributed by atoms with Gasteiger partial charge in [-0.05, 0) is 43.3 Å². The number of esters is 1. The molecule has 4 rings (SSSR count). The van der Waals surface area contributed by atoms with Crippen LogP contribution in [0.2, 0.25) is 5.15 Å². The summed E-state index contributed by atoms with van der Waals surface area (Å²) in [5, 5.41) is 12.3. The third-order valence-corrected chi connectivity index (χ3v) is 4.58. The first-order chi connectivity index (χ1) is 14.0. The molecule has 0 radical (unpaired) electrons. The molecule has 0 spiro atoms. The van der Waals surface area contributed by atoms with Crippen molar-refractivity contribution in [3.05, 3.63) is 81.1 Å². The van der Waals surface area contributed by atoms with Gasteiger partial charge in [-0.15, -0.1) is 5.10 Å². The van der Waals surface area contributed by atoms with Crippen molar-refractivity contribution in [3.63, 3.8) is 0 Å². The molecule has 2 heterocycles. The van der Waals surface area contributed by atoms with E-state index in [-0.39, 0.29) is 10.7 Å². The Morgan fingerprint density at radius 2 is 1.90 bits per heavy atom. The highest BCUT2D eigenvalue weighted by molar-refractivity contribution is 6.33. The Hall–Kier alpha value is -3.59. The first-order valence-electron chi connectivity index (χ1n) is 8.46. The van der Waals surface area contributed by atoms with Crippen molar-refractivity contribution in [1.29, 1.82) is 0 Å². The first-order valence-corrected chi connectivity index (χ1v) is 8.84. The van der Waals surface area contributed by atoms with Crippen LogP contribution >= 0.6 is 11.6 Å². The summed E-state index contributed by atoms with van der Waals surface area (Å²) in [6.07, 6.45) is 0. The molecule has 0 aliphatic rings. The van der Waals surface area contributed by atoms with Gasteiger partial charge in [-0.25, -0.2) is 13.9 Å². The van der Waals surface area contributed by atoms with Gasteiger partial charge in [0.25, 0.3) is 5.56 Å². The zero-order chi connectivity index (χ0) is 20.5. The third-order valence-electron chi connectivity index (χ3n) is 4.23. The largest absolute Gasteiger partial charge is 0.438 e. The molecule has 0 saturated heterocycles. The minimum atomic E-state index is -0.775. The van der Waals surface area contributed by atoms with E-state index in [0.717, 1.165) is 4.68 Å². The SMILES string of the molecule is Cc1nn(-c2ccc(F)cc2)c(Cl)c1C(=O)OCn1nnc2ccccc2c1=O. The fraction of sp³-hybridized carbons (Fsp3) is 0.105. The average molecular weight is 414 g/mol. The second-order valence-electron chi connectivity index (χ2n) is 6.11. The molecule has 146 valence electrons. The molecular formula is C19H13ClFN5O3. The summed E-state index contributed by atoms with van der Waals surface area (Å²) < 4.78 is 20.6. The van der Waals surface area contributed by atoms with Crippen LogP contribution in [0.3, 0.4) is 0 Å². The van der Waals surface area contributed by atoms with Gasteiger partial charge >= 0.3 is 5.97 Å². The lowest BCUT2D eigenvalue weighted by molar-refractivity contribution is 0.0335. The van der Waals surface area contributed by atoms with Crippen molar-refractivity contribution in [2.45, 2.75) is 13.7 Å². The minimum absolute atomic E-state index is 0.0102. The van der Waals surface area contributed by atoms with Crippen LogP contribution < -0.4 is 5.56 Å². The van der Waals surface area contributed by atoms with Gasteiger partial charge < -0.3 is 4.74 Å². The molecule has 8 nitrogen and oxygen atoms in total. The topological polar surface area (TPSA) is 91.9 Å². The van der Waals surface area contributed by atoms with Crippen molar-refractivity contribution in [1.82, 2.24) is 24.8 Å². The predicted octanol–water partition coefficient (Wildman–Crippen LogP) is 2.89. The van der Waals surface area contributed by atoms with Gasteiger partial charge in [-0.2, -0.15) is 9.78 Å². The number of ether oxygens (including phenoxy) is 1. The number of hydrogen-bond donors (Lipinski definition) is 0. The molecule has 2 aromatic carbocycles. The summed E-state index contributed by atoms with van der Waals surface area (Å²) in [5.41, 5.74) is 0.849. The van der Waals surface area contributed by atoms with Crippen LogP contribution in [0.15, 0.2) is 53.3 Å². The lowest BCUT2D eigenvalue weighted by Crippen LogP contribution is -2.26. The molecular weight excluding hydrogens is 401 g/mol. The van der Waals surface area contributed by atoms with Gasteiger partial charge in [0.05, 0.1) is 16.8 Å². The average Bonchev–Trinajstić information content (AvgIpc) is 3.02. The van der Waals surface area contributed by atoms with Gasteiger partial charge in [-0.1, -0.05) is 28.9 Å². The highest BCUT2D eigenvalue weighted by Gasteiger charge is 2.23. The van der Waals surface area contributed by atoms with Gasteiger partial charge in [0.2, 0.25) is 0 Å². The van der Waals surface area contributed by atoms with Crippen molar-refractivity contribution in [2.24, 2.45) is 0 Å². The second kappa shape index (κ2) is 7.44. The van der Waals surface area contributed by atoms with E-state index in [4.69, 9.17) is 16.3 Å². The number of hydrogen-bond acceptors (Lipinski definition) is 6. The Labute approximate surface area is 168 Å². The normalized spacial score (nSPS) is 11.0. The molecule has 0 aliphatic carbocycles. The highest BCUT2D eigenvalue weighted by atomic mass is 35.5. The number of nitrogens with zero attached hydrogens (tertiary/aromatic N) is 5. The first kappa shape index (κ1) is 18.8. The molecule has 0 unspecified atom stereocenters. The zero-order valence-electron chi connectivity index (χ0n) is 15.0. The van der Waals surface area contributed by atoms with Crippen LogP contribution in [0, 0.1) is 12.7 Å². The van der Waals surface area contributed by atoms with Crippen molar-refractivity contribution >= 4 is 28.5 Å². The second-order valence-corrected chi connectivity index (χ2v) is 6.47. The Balaban J connectivity index is 1.59. The van der Waals surface area contributed by atoms with Crippen molar-refractivity contribution in [2.75, 3.05) is 0 Å². The molecule has 0 bridgehead atoms. The Morgan fingerprint density at radius 3 is 2.66 bits per heavy atom. The van der Waals surface area contributed by atoms with Gasteiger partial charge in [0.15, 0.2) is 6.73 Å². The van der Waals surface area contributed by atoms with E-state index < -0.39 is 24.1 Å². The van der Waals surface area contributed by atoms with Crippen LogP contribution in [0.25, 0.3) is 16.6 Å². The summed E-state index contributed by atoms with van der Waals surface area (Å²) in [4.78, 5) is 25.0. The zero-order valence-corrected chi connectivity index (χ0v) is 15.8. The molecule has 10 heteroatoms. The third kappa shape index (κ3) is 3.47. The summed E-state index contributed by atoms with van der Waals surface area (Å²) in [7, 11) is 0. The van der Waals surface area contributed by atoms with Crippen LogP contribution in [-0.4, -0.2) is 30.7 Å². The predicted molar refractivity (Wildman–Crippen MR) is 102 cm³/mol. The van der Waals surface area contributed by atoms with Crippen LogP contribution in [0.4, 0.5) is 4.39 Å². The summed E-state index contributed by atoms with van der Waals surface area (Å²) >= 11 is 6.30. The van der Waals surface area contributed by atoms with Crippen LogP contribution in [0.1, 0.15) is 16.1 Å². The van der Waals surface area contributed by atoms with E-state index in [1.807, 2.05) is 0 Å². The molecule has 29 heavy (non-hydrogen) atoms. The fourth-order valence-electron chi connectivity index (χ4n) is 2.78. The molecule has 0 fully saturated rings. The highest BCUT2D eigenvalue weighted by Crippen LogP contribution is 2.24. The Morgan fingerprint density at radius 1 is 1.17 bits per heavy atom. The number of aromatic nitrogens is 5. The quantitative estimate of drug-likeness (QED) is 0.478. The van der Waals surface area contributed by atoms with E-state index in [0.29, 0.717) is 22.3 Å². The Kier molecular flexibility index (Phi) is 4.81. The molecule has 0 saturated carbocycles. The maximum atomic E-state index is 13.1. The number of carbonyl (C=O) groups is 1. The van der Waals surface area contributed by atoms with Crippen molar-refractivity contribution in [3.8, 4) is 5.69 Å². The summed E-state index contributed by atoms with van der Waals surface area (Å²) in [6, 6.07) is 12.2. The molecule has 4 aromatic rings. The lowest BCUT2D eigenvalue weighted by atomic mass is 10.2. The number of rotatable bonds is 4. The summed E-state index contributed by atoms with van der Waals surface area (Å²) in [5.74, 6) is -1.18. The molecule has 0 aliphatic heterocycles. The lowest BCUT2D eigenvalue weighted by Gasteiger charge is -2.07. The van der Waals surface area contributed by atoms with E-state index >= 15 is 0 Å². The van der Waals surface area contributed by atoms with E-state index in [9.17, 15) is 14.0 Å². The Bertz CT molecular complexity index is 1280. The fourth-order valence-corrected chi connectivity index (χ4v) is 3.13. The summed E-state index contributed by atoms with van der Waals surface area (Å²) in [6.45, 7) is 1.15. The minimum Gasteiger partial charge on any atom is -0.438 e. The standard InChI is InChI=1S/C19H13ClFN5O3/c1-11-16(17(20)26(23-11)13-8-6-12(21)7-9-13)19(28)29-10-25-18(27)14-4-2-3-5-15(14)22-24-25/h2-9H,10H2,1H3. The van der Waals surface area contributed by atoms with Gasteiger partial charge in [0.1, 0.15) is 22.1 Å². The van der Waals surface area contributed by atoms with Gasteiger partial charge in [-0.3, -0.25) is 4.79 Å². The number of benzene rings is 2. The molecule has 0 N–H and O–H groups in total. The molecule has 0 amide bonds.